The van der Waals surface area contributed by atoms with Crippen LogP contribution in [0.4, 0.5) is 0 Å². The van der Waals surface area contributed by atoms with E-state index in [1.807, 2.05) is 0 Å². The first kappa shape index (κ1) is 62.1. The van der Waals surface area contributed by atoms with Gasteiger partial charge in [-0.3, -0.25) is 9.59 Å². The van der Waals surface area contributed by atoms with E-state index < -0.39 is 0 Å². The second kappa shape index (κ2) is 39.0. The summed E-state index contributed by atoms with van der Waals surface area (Å²) in [6, 6.07) is 0. The molecule has 1 heterocycles. The number of carbonyl (C=O) groups is 2. The average Bonchev–Trinajstić information content (AvgIpc) is 3.89. The van der Waals surface area contributed by atoms with Crippen molar-refractivity contribution in [3.05, 3.63) is 8.95 Å². The van der Waals surface area contributed by atoms with Gasteiger partial charge in [0.2, 0.25) is 0 Å². The van der Waals surface area contributed by atoms with E-state index in [-0.39, 0.29) is 36.0 Å². The number of rotatable bonds is 42. The summed E-state index contributed by atoms with van der Waals surface area (Å²) in [5.41, 5.74) is 1.37. The van der Waals surface area contributed by atoms with Crippen molar-refractivity contribution >= 4 is 66.6 Å². The van der Waals surface area contributed by atoms with Crippen LogP contribution in [-0.4, -0.2) is 46.1 Å². The molecule has 11 heteroatoms. The van der Waals surface area contributed by atoms with Crippen molar-refractivity contribution in [2.75, 3.05) is 13.2 Å². The van der Waals surface area contributed by atoms with Crippen LogP contribution in [-0.2, 0) is 19.1 Å². The molecule has 6 unspecified atom stereocenters. The summed E-state index contributed by atoms with van der Waals surface area (Å²) in [5, 5.41) is 0. The Kier molecular flexibility index (Phi) is 34.1. The number of hydrogen-bond acceptors (Lipinski definition) is 9. The Balaban J connectivity index is 1.42. The largest absolute Gasteiger partial charge is 0.484 e. The molecule has 2 saturated carbocycles. The normalized spacial score (nSPS) is 19.2. The van der Waals surface area contributed by atoms with Gasteiger partial charge in [-0.2, -0.15) is 8.75 Å². The van der Waals surface area contributed by atoms with Crippen molar-refractivity contribution in [1.82, 2.24) is 8.75 Å². The van der Waals surface area contributed by atoms with Crippen LogP contribution in [0, 0.1) is 23.7 Å². The topological polar surface area (TPSA) is 96.8 Å². The van der Waals surface area contributed by atoms with E-state index in [2.05, 4.69) is 68.3 Å². The minimum Gasteiger partial charge on any atom is -0.484 e. The van der Waals surface area contributed by atoms with E-state index in [0.717, 1.165) is 88.8 Å². The quantitative estimate of drug-likeness (QED) is 0.0479. The molecule has 1 aromatic carbocycles. The first-order valence-corrected chi connectivity index (χ1v) is 32.4. The van der Waals surface area contributed by atoms with Gasteiger partial charge in [-0.25, -0.2) is 0 Å². The Hall–Kier alpha value is -1.46. The van der Waals surface area contributed by atoms with E-state index >= 15 is 0 Å². The van der Waals surface area contributed by atoms with Crippen molar-refractivity contribution in [3.63, 3.8) is 0 Å². The summed E-state index contributed by atoms with van der Waals surface area (Å²) in [4.78, 5) is 28.4. The fourth-order valence-corrected chi connectivity index (χ4v) is 13.1. The number of esters is 2. The van der Waals surface area contributed by atoms with E-state index in [1.165, 1.54) is 180 Å². The lowest BCUT2D eigenvalue weighted by Gasteiger charge is -2.34. The van der Waals surface area contributed by atoms with Crippen molar-refractivity contribution in [3.8, 4) is 11.5 Å². The number of unbranched alkanes of at least 4 members (excludes halogenated alkanes) is 24. The molecule has 1 aromatic heterocycles. The summed E-state index contributed by atoms with van der Waals surface area (Å²) in [6.45, 7) is 10.1. The van der Waals surface area contributed by atoms with Crippen LogP contribution in [0.3, 0.4) is 0 Å². The van der Waals surface area contributed by atoms with Gasteiger partial charge in [0.15, 0.2) is 11.5 Å². The molecule has 2 aliphatic rings. The monoisotopic (exact) mass is 1140 g/mol. The molecule has 2 aliphatic carbocycles. The lowest BCUT2D eigenvalue weighted by Crippen LogP contribution is -2.39. The molecule has 0 saturated heterocycles. The van der Waals surface area contributed by atoms with Gasteiger partial charge >= 0.3 is 11.9 Å². The van der Waals surface area contributed by atoms with Crippen LogP contribution in [0.1, 0.15) is 285 Å². The first-order chi connectivity index (χ1) is 34.8. The van der Waals surface area contributed by atoms with Crippen LogP contribution in [0.5, 0.6) is 11.5 Å². The van der Waals surface area contributed by atoms with E-state index in [0.29, 0.717) is 56.5 Å². The number of nitrogens with zero attached hydrogens (tertiary/aromatic N) is 2. The fourth-order valence-electron chi connectivity index (χ4n) is 11.2. The summed E-state index contributed by atoms with van der Waals surface area (Å²) in [6.07, 6.45) is 46.8. The van der Waals surface area contributed by atoms with Gasteiger partial charge in [0.05, 0.1) is 45.7 Å². The Labute approximate surface area is 455 Å². The number of ether oxygens (including phenoxy) is 4. The number of halogens is 2. The highest BCUT2D eigenvalue weighted by Gasteiger charge is 2.39. The Morgan fingerprint density at radius 2 is 0.732 bits per heavy atom. The zero-order valence-electron chi connectivity index (χ0n) is 45.7. The third kappa shape index (κ3) is 24.0. The van der Waals surface area contributed by atoms with Gasteiger partial charge in [0, 0.05) is 0 Å². The molecule has 0 amide bonds. The van der Waals surface area contributed by atoms with Gasteiger partial charge in [-0.15, -0.1) is 0 Å². The zero-order chi connectivity index (χ0) is 50.7. The molecule has 71 heavy (non-hydrogen) atoms. The minimum absolute atomic E-state index is 0.139. The van der Waals surface area contributed by atoms with Crippen molar-refractivity contribution in [1.29, 1.82) is 0 Å². The Morgan fingerprint density at radius 3 is 1.04 bits per heavy atom. The van der Waals surface area contributed by atoms with E-state index in [9.17, 15) is 9.59 Å². The molecular weight excluding hydrogens is 1040 g/mol. The van der Waals surface area contributed by atoms with Crippen LogP contribution >= 0.6 is 43.6 Å². The van der Waals surface area contributed by atoms with Crippen LogP contribution < -0.4 is 9.47 Å². The molecule has 2 fully saturated rings. The number of aromatic nitrogens is 2. The number of carbonyl (C=O) groups excluding carboxylic acids is 2. The highest BCUT2D eigenvalue weighted by Crippen LogP contribution is 2.50. The van der Waals surface area contributed by atoms with Crippen molar-refractivity contribution in [2.24, 2.45) is 23.7 Å². The minimum atomic E-state index is -0.382. The van der Waals surface area contributed by atoms with Crippen LogP contribution in [0.15, 0.2) is 8.95 Å². The molecule has 0 radical (unpaired) electrons. The second-order valence-corrected chi connectivity index (χ2v) is 24.1. The summed E-state index contributed by atoms with van der Waals surface area (Å²) >= 11 is 8.90. The summed E-state index contributed by atoms with van der Waals surface area (Å²) in [7, 11) is 0. The third-order valence-corrected chi connectivity index (χ3v) is 17.8. The molecule has 6 atom stereocenters. The molecule has 2 aromatic rings. The molecule has 0 aliphatic heterocycles. The van der Waals surface area contributed by atoms with Gasteiger partial charge < -0.3 is 18.9 Å². The maximum atomic E-state index is 14.2. The molecule has 0 N–H and O–H groups in total. The van der Waals surface area contributed by atoms with Crippen LogP contribution in [0.25, 0.3) is 11.0 Å². The third-order valence-electron chi connectivity index (χ3n) is 15.8. The molecule has 4 rings (SSSR count). The van der Waals surface area contributed by atoms with Crippen molar-refractivity contribution in [2.45, 2.75) is 297 Å². The van der Waals surface area contributed by atoms with Gasteiger partial charge in [-0.1, -0.05) is 220 Å². The molecule has 0 spiro atoms. The SMILES string of the molecule is CCCCCCCCCCC(CCCCCCCC)COC(=O)C1CCCCC1Oc1c(OC2CCCCC2C(=O)OCC(CCCCCCCC)CCCCCCCCCC)c(Br)c2nsnc2c1Br. The van der Waals surface area contributed by atoms with Crippen molar-refractivity contribution < 1.29 is 28.5 Å². The average molecular weight is 1140 g/mol. The van der Waals surface area contributed by atoms with Crippen LogP contribution in [0.2, 0.25) is 0 Å². The highest BCUT2D eigenvalue weighted by atomic mass is 79.9. The molecule has 0 bridgehead atoms. The Morgan fingerprint density at radius 1 is 0.451 bits per heavy atom. The predicted molar refractivity (Wildman–Crippen MR) is 305 cm³/mol. The number of fused-ring (bicyclic) bond motifs is 1. The van der Waals surface area contributed by atoms with Gasteiger partial charge in [0.1, 0.15) is 23.2 Å². The Bertz CT molecular complexity index is 1580. The first-order valence-electron chi connectivity index (χ1n) is 30.1. The zero-order valence-corrected chi connectivity index (χ0v) is 49.7. The van der Waals surface area contributed by atoms with E-state index in [4.69, 9.17) is 18.9 Å². The second-order valence-electron chi connectivity index (χ2n) is 22.0. The summed E-state index contributed by atoms with van der Waals surface area (Å²) < 4.78 is 37.3. The molecule has 408 valence electrons. The fraction of sp³-hybridized carbons (Fsp3) is 0.867. The molecular formula is C60H102Br2N2O6S. The maximum absolute atomic E-state index is 14.2. The summed E-state index contributed by atoms with van der Waals surface area (Å²) in [5.74, 6) is 0.788. The lowest BCUT2D eigenvalue weighted by molar-refractivity contribution is -0.156. The maximum Gasteiger partial charge on any atom is 0.312 e. The predicted octanol–water partition coefficient (Wildman–Crippen LogP) is 20.0. The van der Waals surface area contributed by atoms with Gasteiger partial charge in [-0.05, 0) is 108 Å². The lowest BCUT2D eigenvalue weighted by atomic mass is 9.86. The number of benzene rings is 1. The highest BCUT2D eigenvalue weighted by molar-refractivity contribution is 9.11. The number of hydrogen-bond donors (Lipinski definition) is 0. The van der Waals surface area contributed by atoms with Gasteiger partial charge in [0.25, 0.3) is 0 Å². The van der Waals surface area contributed by atoms with E-state index in [1.54, 1.807) is 0 Å². The standard InChI is InChI=1S/C60H102Br2N2O6S/c1-5-9-13-17-21-23-27-31-39-47(37-29-25-19-15-11-7-3)45-67-59(65)49-41-33-35-43-51(49)69-57-53(61)55-56(64-71-63-55)54(62)58(57)70-52-44-36-34-42-50(52)60(66)68-46-48(38-30-26-20-16-12-8-4)40-32-28-24-22-18-14-10-6-2/h47-52H,5-46H2,1-4H3. The smallest absolute Gasteiger partial charge is 0.312 e. The molecule has 8 nitrogen and oxygen atoms in total.